The standard InChI is InChI=1S/C15H21N5O/c1-16-10-13-4-2-3-5-14(13)21-9-8-19-6-7-20-12-17-18-15(20)11-19/h2-5,12,16H,6-11H2,1H3. The molecule has 3 rings (SSSR count). The van der Waals surface area contributed by atoms with Crippen LogP contribution in [0.2, 0.25) is 0 Å². The number of fused-ring (bicyclic) bond motifs is 1. The summed E-state index contributed by atoms with van der Waals surface area (Å²) in [7, 11) is 1.95. The first-order valence-electron chi connectivity index (χ1n) is 7.31. The van der Waals surface area contributed by atoms with Crippen molar-refractivity contribution in [3.63, 3.8) is 0 Å². The van der Waals surface area contributed by atoms with E-state index < -0.39 is 0 Å². The Hall–Kier alpha value is -1.92. The van der Waals surface area contributed by atoms with Crippen LogP contribution in [-0.2, 0) is 19.6 Å². The van der Waals surface area contributed by atoms with Gasteiger partial charge in [-0.3, -0.25) is 4.90 Å². The van der Waals surface area contributed by atoms with E-state index in [2.05, 4.69) is 31.0 Å². The van der Waals surface area contributed by atoms with Crippen LogP contribution in [0.1, 0.15) is 11.4 Å². The number of para-hydroxylation sites is 1. The number of benzene rings is 1. The van der Waals surface area contributed by atoms with E-state index in [0.717, 1.165) is 44.3 Å². The molecule has 0 unspecified atom stereocenters. The lowest BCUT2D eigenvalue weighted by Gasteiger charge is -2.26. The zero-order chi connectivity index (χ0) is 14.5. The minimum absolute atomic E-state index is 0.689. The quantitative estimate of drug-likeness (QED) is 0.855. The van der Waals surface area contributed by atoms with Crippen LogP contribution in [0, 0.1) is 0 Å². The molecular formula is C15H21N5O. The van der Waals surface area contributed by atoms with Gasteiger partial charge in [-0.25, -0.2) is 0 Å². The highest BCUT2D eigenvalue weighted by atomic mass is 16.5. The normalized spacial score (nSPS) is 14.9. The molecule has 1 aliphatic rings. The molecule has 6 heteroatoms. The van der Waals surface area contributed by atoms with Crippen LogP contribution in [-0.4, -0.2) is 46.4 Å². The van der Waals surface area contributed by atoms with Crippen LogP contribution < -0.4 is 10.1 Å². The molecule has 1 aromatic heterocycles. The highest BCUT2D eigenvalue weighted by molar-refractivity contribution is 5.33. The van der Waals surface area contributed by atoms with E-state index in [4.69, 9.17) is 4.74 Å². The number of nitrogens with zero attached hydrogens (tertiary/aromatic N) is 4. The number of hydrogen-bond donors (Lipinski definition) is 1. The first kappa shape index (κ1) is 14.0. The van der Waals surface area contributed by atoms with Gasteiger partial charge >= 0.3 is 0 Å². The van der Waals surface area contributed by atoms with Crippen molar-refractivity contribution in [2.24, 2.45) is 0 Å². The summed E-state index contributed by atoms with van der Waals surface area (Å²) in [6.07, 6.45) is 1.80. The Morgan fingerprint density at radius 1 is 1.29 bits per heavy atom. The third-order valence-corrected chi connectivity index (χ3v) is 3.72. The lowest BCUT2D eigenvalue weighted by atomic mass is 10.2. The molecule has 0 saturated carbocycles. The fourth-order valence-corrected chi connectivity index (χ4v) is 2.57. The molecule has 0 aliphatic carbocycles. The third-order valence-electron chi connectivity index (χ3n) is 3.72. The van der Waals surface area contributed by atoms with Gasteiger partial charge in [-0.2, -0.15) is 0 Å². The number of hydrogen-bond acceptors (Lipinski definition) is 5. The van der Waals surface area contributed by atoms with Crippen LogP contribution in [0.15, 0.2) is 30.6 Å². The second-order valence-electron chi connectivity index (χ2n) is 5.20. The summed E-state index contributed by atoms with van der Waals surface area (Å²) < 4.78 is 8.05. The topological polar surface area (TPSA) is 55.2 Å². The SMILES string of the molecule is CNCc1ccccc1OCCN1CCn2cnnc2C1. The number of nitrogens with one attached hydrogen (secondary N) is 1. The van der Waals surface area contributed by atoms with Gasteiger partial charge in [0, 0.05) is 31.7 Å². The first-order valence-corrected chi connectivity index (χ1v) is 7.31. The minimum Gasteiger partial charge on any atom is -0.492 e. The molecule has 1 N–H and O–H groups in total. The van der Waals surface area contributed by atoms with Crippen LogP contribution in [0.25, 0.3) is 0 Å². The Morgan fingerprint density at radius 2 is 2.19 bits per heavy atom. The van der Waals surface area contributed by atoms with Gasteiger partial charge < -0.3 is 14.6 Å². The van der Waals surface area contributed by atoms with Gasteiger partial charge in [0.1, 0.15) is 24.5 Å². The van der Waals surface area contributed by atoms with Gasteiger partial charge in [-0.05, 0) is 13.1 Å². The van der Waals surface area contributed by atoms with E-state index >= 15 is 0 Å². The maximum atomic E-state index is 5.94. The van der Waals surface area contributed by atoms with E-state index in [1.54, 1.807) is 6.33 Å². The largest absolute Gasteiger partial charge is 0.492 e. The third kappa shape index (κ3) is 3.40. The molecule has 0 fully saturated rings. The smallest absolute Gasteiger partial charge is 0.147 e. The number of rotatable bonds is 6. The Kier molecular flexibility index (Phi) is 4.47. The summed E-state index contributed by atoms with van der Waals surface area (Å²) in [6, 6.07) is 8.17. The van der Waals surface area contributed by atoms with Crippen molar-refractivity contribution in [2.75, 3.05) is 26.7 Å². The number of aromatic nitrogens is 3. The zero-order valence-electron chi connectivity index (χ0n) is 12.3. The Bertz CT molecular complexity index is 583. The molecule has 112 valence electrons. The van der Waals surface area contributed by atoms with Crippen LogP contribution in [0.4, 0.5) is 0 Å². The van der Waals surface area contributed by atoms with Crippen molar-refractivity contribution in [1.82, 2.24) is 25.0 Å². The summed E-state index contributed by atoms with van der Waals surface area (Å²) >= 11 is 0. The highest BCUT2D eigenvalue weighted by Crippen LogP contribution is 2.17. The molecule has 2 heterocycles. The molecule has 0 atom stereocenters. The average molecular weight is 287 g/mol. The predicted molar refractivity (Wildman–Crippen MR) is 80.0 cm³/mol. The summed E-state index contributed by atoms with van der Waals surface area (Å²) in [5.74, 6) is 2.00. The minimum atomic E-state index is 0.689. The van der Waals surface area contributed by atoms with E-state index in [0.29, 0.717) is 6.61 Å². The molecule has 0 amide bonds. The van der Waals surface area contributed by atoms with Gasteiger partial charge in [0.15, 0.2) is 0 Å². The highest BCUT2D eigenvalue weighted by Gasteiger charge is 2.17. The molecule has 6 nitrogen and oxygen atoms in total. The molecule has 1 aromatic carbocycles. The maximum absolute atomic E-state index is 5.94. The lowest BCUT2D eigenvalue weighted by Crippen LogP contribution is -2.36. The van der Waals surface area contributed by atoms with E-state index in [9.17, 15) is 0 Å². The Balaban J connectivity index is 1.51. The van der Waals surface area contributed by atoms with E-state index in [1.165, 1.54) is 5.56 Å². The molecule has 0 radical (unpaired) electrons. The van der Waals surface area contributed by atoms with Crippen molar-refractivity contribution in [3.05, 3.63) is 42.0 Å². The summed E-state index contributed by atoms with van der Waals surface area (Å²) in [5.41, 5.74) is 1.19. The predicted octanol–water partition coefficient (Wildman–Crippen LogP) is 0.892. The van der Waals surface area contributed by atoms with Crippen LogP contribution in [0.5, 0.6) is 5.75 Å². The van der Waals surface area contributed by atoms with Gasteiger partial charge in [-0.1, -0.05) is 18.2 Å². The van der Waals surface area contributed by atoms with E-state index in [1.807, 2.05) is 25.2 Å². The van der Waals surface area contributed by atoms with Crippen molar-refractivity contribution in [3.8, 4) is 5.75 Å². The Morgan fingerprint density at radius 3 is 3.10 bits per heavy atom. The lowest BCUT2D eigenvalue weighted by molar-refractivity contribution is 0.174. The fraction of sp³-hybridized carbons (Fsp3) is 0.467. The molecule has 1 aliphatic heterocycles. The van der Waals surface area contributed by atoms with E-state index in [-0.39, 0.29) is 0 Å². The molecule has 0 saturated heterocycles. The van der Waals surface area contributed by atoms with Gasteiger partial charge in [0.25, 0.3) is 0 Å². The van der Waals surface area contributed by atoms with Crippen molar-refractivity contribution < 1.29 is 4.74 Å². The Labute approximate surface area is 124 Å². The monoisotopic (exact) mass is 287 g/mol. The molecule has 0 bridgehead atoms. The number of ether oxygens (including phenoxy) is 1. The van der Waals surface area contributed by atoms with Crippen molar-refractivity contribution >= 4 is 0 Å². The second-order valence-corrected chi connectivity index (χ2v) is 5.20. The van der Waals surface area contributed by atoms with Gasteiger partial charge in [0.2, 0.25) is 0 Å². The second kappa shape index (κ2) is 6.69. The zero-order valence-corrected chi connectivity index (χ0v) is 12.3. The summed E-state index contributed by atoms with van der Waals surface area (Å²) in [6.45, 7) is 5.24. The fourth-order valence-electron chi connectivity index (χ4n) is 2.57. The van der Waals surface area contributed by atoms with Crippen LogP contribution in [0.3, 0.4) is 0 Å². The van der Waals surface area contributed by atoms with Gasteiger partial charge in [0.05, 0.1) is 6.54 Å². The first-order chi connectivity index (χ1) is 10.4. The van der Waals surface area contributed by atoms with Crippen molar-refractivity contribution in [1.29, 1.82) is 0 Å². The molecular weight excluding hydrogens is 266 g/mol. The summed E-state index contributed by atoms with van der Waals surface area (Å²) in [4.78, 5) is 2.35. The van der Waals surface area contributed by atoms with Crippen molar-refractivity contribution in [2.45, 2.75) is 19.6 Å². The molecule has 21 heavy (non-hydrogen) atoms. The molecule has 0 spiro atoms. The average Bonchev–Trinajstić information content (AvgIpc) is 2.97. The summed E-state index contributed by atoms with van der Waals surface area (Å²) in [5, 5.41) is 11.2. The van der Waals surface area contributed by atoms with Gasteiger partial charge in [-0.15, -0.1) is 10.2 Å². The molecule has 2 aromatic rings. The maximum Gasteiger partial charge on any atom is 0.147 e. The van der Waals surface area contributed by atoms with Crippen LogP contribution >= 0.6 is 0 Å².